The SMILES string of the molecule is CCNc1cc2ncnc(NC3CCc4ccccc43)c2cc1[N+](=O)[O-]. The van der Waals surface area contributed by atoms with Crippen molar-refractivity contribution in [3.05, 3.63) is 64.0 Å². The summed E-state index contributed by atoms with van der Waals surface area (Å²) < 4.78 is 0. The second-order valence-corrected chi connectivity index (χ2v) is 6.33. The molecular formula is C19H19N5O2. The number of nitrogens with zero attached hydrogens (tertiary/aromatic N) is 3. The van der Waals surface area contributed by atoms with E-state index in [9.17, 15) is 10.1 Å². The van der Waals surface area contributed by atoms with Gasteiger partial charge in [-0.05, 0) is 37.0 Å². The Kier molecular flexibility index (Phi) is 4.12. The molecule has 26 heavy (non-hydrogen) atoms. The molecule has 0 aliphatic heterocycles. The molecule has 0 saturated carbocycles. The molecule has 132 valence electrons. The van der Waals surface area contributed by atoms with E-state index in [-0.39, 0.29) is 16.7 Å². The van der Waals surface area contributed by atoms with Gasteiger partial charge in [0.15, 0.2) is 0 Å². The molecule has 4 rings (SSSR count). The Morgan fingerprint density at radius 1 is 1.27 bits per heavy atom. The van der Waals surface area contributed by atoms with Gasteiger partial charge in [0.05, 0.1) is 16.5 Å². The van der Waals surface area contributed by atoms with Gasteiger partial charge in [0.2, 0.25) is 0 Å². The first-order valence-corrected chi connectivity index (χ1v) is 8.68. The Balaban J connectivity index is 1.76. The van der Waals surface area contributed by atoms with Crippen LogP contribution in [-0.2, 0) is 6.42 Å². The zero-order valence-electron chi connectivity index (χ0n) is 14.4. The summed E-state index contributed by atoms with van der Waals surface area (Å²) in [4.78, 5) is 19.7. The maximum atomic E-state index is 11.5. The van der Waals surface area contributed by atoms with Crippen LogP contribution in [0.15, 0.2) is 42.7 Å². The van der Waals surface area contributed by atoms with Crippen molar-refractivity contribution >= 4 is 28.1 Å². The van der Waals surface area contributed by atoms with Gasteiger partial charge in [-0.3, -0.25) is 10.1 Å². The summed E-state index contributed by atoms with van der Waals surface area (Å²) in [6, 6.07) is 11.8. The fourth-order valence-electron chi connectivity index (χ4n) is 3.56. The van der Waals surface area contributed by atoms with Crippen LogP contribution in [0.1, 0.15) is 30.5 Å². The van der Waals surface area contributed by atoms with Gasteiger partial charge in [0, 0.05) is 18.0 Å². The quantitative estimate of drug-likeness (QED) is 0.533. The molecule has 0 fully saturated rings. The maximum absolute atomic E-state index is 11.5. The minimum Gasteiger partial charge on any atom is -0.380 e. The number of aromatic nitrogens is 2. The third-order valence-corrected chi connectivity index (χ3v) is 4.76. The van der Waals surface area contributed by atoms with Gasteiger partial charge >= 0.3 is 0 Å². The second-order valence-electron chi connectivity index (χ2n) is 6.33. The van der Waals surface area contributed by atoms with Crippen molar-refractivity contribution < 1.29 is 4.92 Å². The molecule has 0 radical (unpaired) electrons. The number of nitro benzene ring substituents is 1. The van der Waals surface area contributed by atoms with Crippen molar-refractivity contribution in [3.63, 3.8) is 0 Å². The highest BCUT2D eigenvalue weighted by atomic mass is 16.6. The Bertz CT molecular complexity index is 989. The van der Waals surface area contributed by atoms with Crippen molar-refractivity contribution in [2.24, 2.45) is 0 Å². The molecule has 0 saturated heterocycles. The van der Waals surface area contributed by atoms with Crippen LogP contribution < -0.4 is 10.6 Å². The smallest absolute Gasteiger partial charge is 0.293 e. The lowest BCUT2D eigenvalue weighted by atomic mass is 10.1. The molecule has 7 heteroatoms. The molecule has 1 unspecified atom stereocenters. The number of rotatable bonds is 5. The first-order chi connectivity index (χ1) is 12.7. The molecule has 0 bridgehead atoms. The Morgan fingerprint density at radius 3 is 2.92 bits per heavy atom. The molecule has 3 aromatic rings. The van der Waals surface area contributed by atoms with Gasteiger partial charge in [0.25, 0.3) is 5.69 Å². The van der Waals surface area contributed by atoms with Crippen molar-refractivity contribution in [3.8, 4) is 0 Å². The first-order valence-electron chi connectivity index (χ1n) is 8.68. The highest BCUT2D eigenvalue weighted by molar-refractivity contribution is 5.94. The molecule has 2 aromatic carbocycles. The number of hydrogen-bond acceptors (Lipinski definition) is 6. The molecule has 2 N–H and O–H groups in total. The number of nitrogens with one attached hydrogen (secondary N) is 2. The lowest BCUT2D eigenvalue weighted by Gasteiger charge is -2.16. The summed E-state index contributed by atoms with van der Waals surface area (Å²) >= 11 is 0. The van der Waals surface area contributed by atoms with Gasteiger partial charge in [-0.15, -0.1) is 0 Å². The summed E-state index contributed by atoms with van der Waals surface area (Å²) in [7, 11) is 0. The van der Waals surface area contributed by atoms with Crippen LogP contribution in [0, 0.1) is 10.1 Å². The molecule has 1 aliphatic carbocycles. The maximum Gasteiger partial charge on any atom is 0.293 e. The summed E-state index contributed by atoms with van der Waals surface area (Å²) in [5, 5.41) is 18.6. The molecule has 1 aromatic heterocycles. The lowest BCUT2D eigenvalue weighted by molar-refractivity contribution is -0.383. The average molecular weight is 349 g/mol. The fourth-order valence-corrected chi connectivity index (χ4v) is 3.56. The second kappa shape index (κ2) is 6.59. The number of fused-ring (bicyclic) bond motifs is 2. The van der Waals surface area contributed by atoms with E-state index in [1.165, 1.54) is 17.5 Å². The first kappa shape index (κ1) is 16.3. The Hall–Kier alpha value is -3.22. The van der Waals surface area contributed by atoms with E-state index in [2.05, 4.69) is 32.7 Å². The van der Waals surface area contributed by atoms with Crippen molar-refractivity contribution in [1.29, 1.82) is 0 Å². The lowest BCUT2D eigenvalue weighted by Crippen LogP contribution is -2.09. The largest absolute Gasteiger partial charge is 0.380 e. The van der Waals surface area contributed by atoms with Crippen LogP contribution in [0.2, 0.25) is 0 Å². The van der Waals surface area contributed by atoms with Gasteiger partial charge in [0.1, 0.15) is 17.8 Å². The minimum atomic E-state index is -0.376. The summed E-state index contributed by atoms with van der Waals surface area (Å²) in [6.07, 6.45) is 3.48. The van der Waals surface area contributed by atoms with E-state index in [1.54, 1.807) is 12.1 Å². The van der Waals surface area contributed by atoms with Gasteiger partial charge in [-0.25, -0.2) is 9.97 Å². The van der Waals surface area contributed by atoms with E-state index in [4.69, 9.17) is 0 Å². The normalized spacial score (nSPS) is 15.7. The van der Waals surface area contributed by atoms with Crippen molar-refractivity contribution in [2.45, 2.75) is 25.8 Å². The van der Waals surface area contributed by atoms with Gasteiger partial charge < -0.3 is 10.6 Å². The Morgan fingerprint density at radius 2 is 2.12 bits per heavy atom. The third-order valence-electron chi connectivity index (χ3n) is 4.76. The highest BCUT2D eigenvalue weighted by Crippen LogP contribution is 2.36. The average Bonchev–Trinajstić information content (AvgIpc) is 3.05. The standard InChI is InChI=1S/C19H19N5O2/c1-2-20-17-10-16-14(9-18(17)24(25)26)19(22-11-21-16)23-15-8-7-12-5-3-4-6-13(12)15/h3-6,9-11,15,20H,2,7-8H2,1H3,(H,21,22,23). The molecule has 1 heterocycles. The van der Waals surface area contributed by atoms with E-state index in [0.29, 0.717) is 29.0 Å². The number of nitro groups is 1. The van der Waals surface area contributed by atoms with Crippen LogP contribution in [0.3, 0.4) is 0 Å². The topological polar surface area (TPSA) is 93.0 Å². The third kappa shape index (κ3) is 2.81. The zero-order chi connectivity index (χ0) is 18.1. The summed E-state index contributed by atoms with van der Waals surface area (Å²) in [6.45, 7) is 2.50. The van der Waals surface area contributed by atoms with Crippen LogP contribution >= 0.6 is 0 Å². The highest BCUT2D eigenvalue weighted by Gasteiger charge is 2.24. The number of anilines is 2. The Labute approximate surface area is 150 Å². The molecule has 0 spiro atoms. The molecule has 0 amide bonds. The predicted octanol–water partition coefficient (Wildman–Crippen LogP) is 4.07. The summed E-state index contributed by atoms with van der Waals surface area (Å²) in [5.41, 5.74) is 3.78. The molecular weight excluding hydrogens is 330 g/mol. The number of benzene rings is 2. The van der Waals surface area contributed by atoms with E-state index in [1.807, 2.05) is 19.1 Å². The van der Waals surface area contributed by atoms with Gasteiger partial charge in [-0.1, -0.05) is 24.3 Å². The summed E-state index contributed by atoms with van der Waals surface area (Å²) in [5.74, 6) is 0.628. The molecule has 1 atom stereocenters. The number of hydrogen-bond donors (Lipinski definition) is 2. The van der Waals surface area contributed by atoms with Crippen molar-refractivity contribution in [2.75, 3.05) is 17.2 Å². The molecule has 7 nitrogen and oxygen atoms in total. The molecule has 1 aliphatic rings. The zero-order valence-corrected chi connectivity index (χ0v) is 14.4. The van der Waals surface area contributed by atoms with Crippen molar-refractivity contribution in [1.82, 2.24) is 9.97 Å². The van der Waals surface area contributed by atoms with E-state index < -0.39 is 0 Å². The number of aryl methyl sites for hydroxylation is 1. The fraction of sp³-hybridized carbons (Fsp3) is 0.263. The van der Waals surface area contributed by atoms with Crippen LogP contribution in [-0.4, -0.2) is 21.4 Å². The van der Waals surface area contributed by atoms with Crippen LogP contribution in [0.4, 0.5) is 17.2 Å². The predicted molar refractivity (Wildman–Crippen MR) is 101 cm³/mol. The van der Waals surface area contributed by atoms with E-state index >= 15 is 0 Å². The van der Waals surface area contributed by atoms with Gasteiger partial charge in [-0.2, -0.15) is 0 Å². The van der Waals surface area contributed by atoms with E-state index in [0.717, 1.165) is 12.8 Å². The monoisotopic (exact) mass is 349 g/mol. The van der Waals surface area contributed by atoms with Crippen LogP contribution in [0.5, 0.6) is 0 Å². The van der Waals surface area contributed by atoms with Crippen LogP contribution in [0.25, 0.3) is 10.9 Å². The minimum absolute atomic E-state index is 0.0315.